The number of carbonyl (C=O) groups is 2. The number of aromatic hydroxyl groups is 2. The number of hydrogen-bond acceptors (Lipinski definition) is 5. The van der Waals surface area contributed by atoms with E-state index in [1.165, 1.54) is 0 Å². The topological polar surface area (TPSA) is 104 Å². The van der Waals surface area contributed by atoms with Crippen LogP contribution >= 0.6 is 0 Å². The largest absolute Gasteiger partial charge is 0.506 e. The highest BCUT2D eigenvalue weighted by Crippen LogP contribution is 2.27. The minimum atomic E-state index is -1.30. The van der Waals surface area contributed by atoms with Gasteiger partial charge in [-0.25, -0.2) is 9.59 Å². The lowest BCUT2D eigenvalue weighted by atomic mass is 10.1. The van der Waals surface area contributed by atoms with Crippen molar-refractivity contribution in [3.8, 4) is 23.3 Å². The molecule has 0 unspecified atom stereocenters. The molecular formula is C12H10O6. The molecule has 0 atom stereocenters. The van der Waals surface area contributed by atoms with Crippen LogP contribution in [0.25, 0.3) is 0 Å². The fraction of sp³-hybridized carbons (Fsp3) is 0.167. The molecule has 0 saturated heterocycles. The molecule has 0 aromatic heterocycles. The molecule has 18 heavy (non-hydrogen) atoms. The number of benzene rings is 1. The average Bonchev–Trinajstić information content (AvgIpc) is 2.27. The summed E-state index contributed by atoms with van der Waals surface area (Å²) in [6.45, 7) is 1.76. The van der Waals surface area contributed by atoms with Gasteiger partial charge in [-0.15, -0.1) is 0 Å². The summed E-state index contributed by atoms with van der Waals surface area (Å²) in [6, 6.07) is 1.86. The number of esters is 1. The van der Waals surface area contributed by atoms with Gasteiger partial charge in [-0.2, -0.15) is 0 Å². The van der Waals surface area contributed by atoms with Crippen molar-refractivity contribution in [2.24, 2.45) is 0 Å². The summed E-state index contributed by atoms with van der Waals surface area (Å²) >= 11 is 0. The zero-order valence-corrected chi connectivity index (χ0v) is 9.43. The van der Waals surface area contributed by atoms with Crippen LogP contribution < -0.4 is 0 Å². The first kappa shape index (κ1) is 13.4. The second kappa shape index (κ2) is 5.59. The van der Waals surface area contributed by atoms with Gasteiger partial charge in [0, 0.05) is 5.92 Å². The minimum absolute atomic E-state index is 0.156. The molecule has 0 aliphatic carbocycles. The third-order valence-electron chi connectivity index (χ3n) is 1.91. The number of carboxylic acid groups (broad SMARTS) is 1. The molecule has 0 aliphatic heterocycles. The van der Waals surface area contributed by atoms with Crippen molar-refractivity contribution in [3.05, 3.63) is 23.3 Å². The smallest absolute Gasteiger partial charge is 0.384 e. The Kier molecular flexibility index (Phi) is 4.16. The summed E-state index contributed by atoms with van der Waals surface area (Å²) in [6.07, 6.45) is 0. The van der Waals surface area contributed by atoms with Gasteiger partial charge in [0.25, 0.3) is 0 Å². The lowest BCUT2D eigenvalue weighted by Gasteiger charge is -2.02. The van der Waals surface area contributed by atoms with Gasteiger partial charge in [0.15, 0.2) is 0 Å². The molecule has 0 aliphatic rings. The van der Waals surface area contributed by atoms with Crippen molar-refractivity contribution in [2.75, 3.05) is 6.61 Å². The number of phenolic OH excluding ortho intramolecular Hbond substituents is 2. The molecule has 94 valence electrons. The molecule has 1 rings (SSSR count). The minimum Gasteiger partial charge on any atom is -0.506 e. The highest BCUT2D eigenvalue weighted by molar-refractivity contribution is 5.91. The standard InChI is InChI=1S/C12H10O6/c1-2-18-11(15)4-3-8-9(13)5-7(12(16)17)6-10(8)14/h5-6,13-14H,2H2,1H3,(H,16,17). The van der Waals surface area contributed by atoms with E-state index in [4.69, 9.17) is 5.11 Å². The van der Waals surface area contributed by atoms with E-state index in [2.05, 4.69) is 16.6 Å². The highest BCUT2D eigenvalue weighted by atomic mass is 16.5. The van der Waals surface area contributed by atoms with Crippen LogP contribution in [0, 0.1) is 11.8 Å². The second-order valence-corrected chi connectivity index (χ2v) is 3.17. The van der Waals surface area contributed by atoms with Crippen LogP contribution in [0.2, 0.25) is 0 Å². The first-order valence-corrected chi connectivity index (χ1v) is 4.93. The van der Waals surface area contributed by atoms with E-state index in [1.807, 2.05) is 0 Å². The van der Waals surface area contributed by atoms with Crippen LogP contribution in [0.4, 0.5) is 0 Å². The summed E-state index contributed by atoms with van der Waals surface area (Å²) in [7, 11) is 0. The molecule has 0 radical (unpaired) electrons. The van der Waals surface area contributed by atoms with Gasteiger partial charge in [-0.3, -0.25) is 0 Å². The summed E-state index contributed by atoms with van der Waals surface area (Å²) in [4.78, 5) is 21.6. The van der Waals surface area contributed by atoms with Gasteiger partial charge in [0.05, 0.1) is 12.2 Å². The van der Waals surface area contributed by atoms with Crippen LogP contribution in [0.15, 0.2) is 12.1 Å². The number of rotatable bonds is 2. The van der Waals surface area contributed by atoms with Crippen molar-refractivity contribution in [2.45, 2.75) is 6.92 Å². The monoisotopic (exact) mass is 250 g/mol. The summed E-state index contributed by atoms with van der Waals surface area (Å²) in [5.74, 6) is 1.11. The van der Waals surface area contributed by atoms with E-state index < -0.39 is 23.4 Å². The van der Waals surface area contributed by atoms with Crippen LogP contribution in [0.1, 0.15) is 22.8 Å². The van der Waals surface area contributed by atoms with Crippen LogP contribution in [0.3, 0.4) is 0 Å². The maximum Gasteiger partial charge on any atom is 0.384 e. The molecule has 6 heteroatoms. The number of aromatic carboxylic acids is 1. The van der Waals surface area contributed by atoms with E-state index in [0.29, 0.717) is 0 Å². The zero-order valence-electron chi connectivity index (χ0n) is 9.43. The number of phenols is 2. The van der Waals surface area contributed by atoms with Gasteiger partial charge in [-0.1, -0.05) is 0 Å². The number of carboxylic acids is 1. The van der Waals surface area contributed by atoms with Crippen molar-refractivity contribution in [1.82, 2.24) is 0 Å². The zero-order chi connectivity index (χ0) is 13.7. The molecule has 0 fully saturated rings. The molecule has 0 amide bonds. The van der Waals surface area contributed by atoms with Crippen molar-refractivity contribution >= 4 is 11.9 Å². The van der Waals surface area contributed by atoms with Crippen LogP contribution in [-0.2, 0) is 9.53 Å². The number of ether oxygens (including phenoxy) is 1. The Morgan fingerprint density at radius 1 is 1.28 bits per heavy atom. The highest BCUT2D eigenvalue weighted by Gasteiger charge is 2.12. The van der Waals surface area contributed by atoms with Crippen molar-refractivity contribution < 1.29 is 29.6 Å². The lowest BCUT2D eigenvalue weighted by Crippen LogP contribution is -2.00. The predicted molar refractivity (Wildman–Crippen MR) is 60.2 cm³/mol. The predicted octanol–water partition coefficient (Wildman–Crippen LogP) is 0.711. The molecule has 0 bridgehead atoms. The Morgan fingerprint density at radius 3 is 2.28 bits per heavy atom. The fourth-order valence-electron chi connectivity index (χ4n) is 1.14. The molecule has 6 nitrogen and oxygen atoms in total. The summed E-state index contributed by atoms with van der Waals surface area (Å²) in [5, 5.41) is 27.7. The van der Waals surface area contributed by atoms with Crippen LogP contribution in [-0.4, -0.2) is 33.9 Å². The molecule has 0 spiro atoms. The number of carbonyl (C=O) groups excluding carboxylic acids is 1. The maximum absolute atomic E-state index is 11.0. The Morgan fingerprint density at radius 2 is 1.83 bits per heavy atom. The third kappa shape index (κ3) is 3.15. The summed E-state index contributed by atoms with van der Waals surface area (Å²) < 4.78 is 4.54. The first-order valence-electron chi connectivity index (χ1n) is 4.93. The second-order valence-electron chi connectivity index (χ2n) is 3.17. The average molecular weight is 250 g/mol. The Labute approximate surface area is 102 Å². The Bertz CT molecular complexity index is 526. The van der Waals surface area contributed by atoms with Gasteiger partial charge in [-0.05, 0) is 25.0 Å². The van der Waals surface area contributed by atoms with Crippen LogP contribution in [0.5, 0.6) is 11.5 Å². The normalized spacial score (nSPS) is 9.17. The van der Waals surface area contributed by atoms with E-state index in [9.17, 15) is 19.8 Å². The van der Waals surface area contributed by atoms with Gasteiger partial charge in [0.1, 0.15) is 17.1 Å². The van der Waals surface area contributed by atoms with Gasteiger partial charge >= 0.3 is 11.9 Å². The molecule has 1 aromatic rings. The van der Waals surface area contributed by atoms with Crippen molar-refractivity contribution in [1.29, 1.82) is 0 Å². The SMILES string of the molecule is CCOC(=O)C#Cc1c(O)cc(C(=O)O)cc1O. The van der Waals surface area contributed by atoms with E-state index in [1.54, 1.807) is 6.92 Å². The Hall–Kier alpha value is -2.68. The van der Waals surface area contributed by atoms with E-state index >= 15 is 0 Å². The summed E-state index contributed by atoms with van der Waals surface area (Å²) in [5.41, 5.74) is -0.514. The van der Waals surface area contributed by atoms with Gasteiger partial charge < -0.3 is 20.1 Å². The van der Waals surface area contributed by atoms with Crippen molar-refractivity contribution in [3.63, 3.8) is 0 Å². The molecule has 0 saturated carbocycles. The fourth-order valence-corrected chi connectivity index (χ4v) is 1.14. The van der Waals surface area contributed by atoms with E-state index in [0.717, 1.165) is 12.1 Å². The number of hydrogen-bond donors (Lipinski definition) is 3. The third-order valence-corrected chi connectivity index (χ3v) is 1.91. The Balaban J connectivity index is 3.11. The van der Waals surface area contributed by atoms with Gasteiger partial charge in [0.2, 0.25) is 0 Å². The first-order chi connectivity index (χ1) is 8.45. The molecule has 1 aromatic carbocycles. The maximum atomic E-state index is 11.0. The molecule has 3 N–H and O–H groups in total. The lowest BCUT2D eigenvalue weighted by molar-refractivity contribution is -0.136. The molecular weight excluding hydrogens is 240 g/mol. The van der Waals surface area contributed by atoms with E-state index in [-0.39, 0.29) is 17.7 Å². The quantitative estimate of drug-likeness (QED) is 0.527. The molecule has 0 heterocycles.